The summed E-state index contributed by atoms with van der Waals surface area (Å²) < 4.78 is 47.1. The van der Waals surface area contributed by atoms with Crippen LogP contribution in [-0.4, -0.2) is 112 Å². The maximum Gasteiger partial charge on any atom is 0.318 e. The average Bonchev–Trinajstić information content (AvgIpc) is 3.42. The largest absolute Gasteiger partial charge is 0.497 e. The molecular weight excluding hydrogens is 699 g/mol. The third-order valence-corrected chi connectivity index (χ3v) is 12.1. The number of anilines is 1. The van der Waals surface area contributed by atoms with Crippen molar-refractivity contribution in [1.82, 2.24) is 25.0 Å². The highest BCUT2D eigenvalue weighted by Crippen LogP contribution is 2.50. The molecule has 1 N–H and O–H groups in total. The van der Waals surface area contributed by atoms with Gasteiger partial charge in [0.1, 0.15) is 16.4 Å². The SMILES string of the molecule is CCOc1cc(OC)ccc1S(=O)(=O)N1C(=O)C(NC(=O)N2CCN(C3CCN(C(C)C)CC3)CC2)(c2cccnc2OCC)c2cc(C#N)ccc21. The first-order valence-electron chi connectivity index (χ1n) is 18.1. The number of amides is 3. The number of carbonyl (C=O) groups excluding carboxylic acids is 2. The Labute approximate surface area is 311 Å². The Hall–Kier alpha value is -4.91. The number of methoxy groups -OCH3 is 1. The standard InChI is InChI=1S/C38H47N7O7S/c1-6-51-33-24-29(50-5)11-13-34(33)53(48,49)45-32-12-10-27(25-39)23-31(32)38(36(45)46,30-9-8-16-40-35(30)52-7-2)41-37(47)44-21-19-43(20-22-44)28-14-17-42(18-15-28)26(3)4/h8-13,16,23-24,26,28H,6-7,14-15,17-22H2,1-5H3,(H,41,47). The van der Waals surface area contributed by atoms with E-state index in [9.17, 15) is 18.5 Å². The van der Waals surface area contributed by atoms with Gasteiger partial charge in [0.15, 0.2) is 5.54 Å². The molecule has 3 amide bonds. The molecule has 1 aromatic heterocycles. The maximum absolute atomic E-state index is 15.3. The second-order valence-corrected chi connectivity index (χ2v) is 15.3. The molecule has 3 aliphatic heterocycles. The molecule has 282 valence electrons. The highest BCUT2D eigenvalue weighted by atomic mass is 32.2. The maximum atomic E-state index is 15.3. The van der Waals surface area contributed by atoms with Gasteiger partial charge in [-0.25, -0.2) is 18.2 Å². The zero-order chi connectivity index (χ0) is 37.9. The molecule has 53 heavy (non-hydrogen) atoms. The van der Waals surface area contributed by atoms with E-state index in [0.29, 0.717) is 48.3 Å². The fourth-order valence-electron chi connectivity index (χ4n) is 7.57. The van der Waals surface area contributed by atoms with Gasteiger partial charge in [0.2, 0.25) is 5.88 Å². The first kappa shape index (κ1) is 37.8. The lowest BCUT2D eigenvalue weighted by atomic mass is 9.83. The van der Waals surface area contributed by atoms with Crippen LogP contribution in [0.2, 0.25) is 0 Å². The van der Waals surface area contributed by atoms with Crippen LogP contribution in [0.5, 0.6) is 17.4 Å². The van der Waals surface area contributed by atoms with Crippen LogP contribution in [0.1, 0.15) is 57.2 Å². The highest BCUT2D eigenvalue weighted by Gasteiger charge is 2.59. The van der Waals surface area contributed by atoms with E-state index in [1.54, 1.807) is 30.9 Å². The molecule has 3 aromatic rings. The number of urea groups is 1. The normalized spacial score (nSPS) is 19.9. The number of carbonyl (C=O) groups is 2. The second-order valence-electron chi connectivity index (χ2n) is 13.5. The third-order valence-electron chi connectivity index (χ3n) is 10.3. The summed E-state index contributed by atoms with van der Waals surface area (Å²) >= 11 is 0. The van der Waals surface area contributed by atoms with Gasteiger partial charge in [-0.15, -0.1) is 0 Å². The second kappa shape index (κ2) is 15.6. The van der Waals surface area contributed by atoms with Gasteiger partial charge in [-0.2, -0.15) is 9.57 Å². The van der Waals surface area contributed by atoms with Gasteiger partial charge in [0.25, 0.3) is 15.9 Å². The first-order valence-corrected chi connectivity index (χ1v) is 19.5. The van der Waals surface area contributed by atoms with Crippen LogP contribution in [-0.2, 0) is 20.4 Å². The van der Waals surface area contributed by atoms with Gasteiger partial charge in [-0.05, 0) is 96.1 Å². The van der Waals surface area contributed by atoms with E-state index in [4.69, 9.17) is 14.2 Å². The molecule has 15 heteroatoms. The monoisotopic (exact) mass is 745 g/mol. The van der Waals surface area contributed by atoms with Crippen molar-refractivity contribution in [3.05, 3.63) is 71.4 Å². The number of rotatable bonds is 11. The van der Waals surface area contributed by atoms with Crippen molar-refractivity contribution in [2.24, 2.45) is 0 Å². The Kier molecular flexibility index (Phi) is 11.1. The van der Waals surface area contributed by atoms with E-state index in [1.165, 1.54) is 49.7 Å². The van der Waals surface area contributed by atoms with Crippen molar-refractivity contribution < 1.29 is 32.2 Å². The van der Waals surface area contributed by atoms with Crippen LogP contribution < -0.4 is 23.8 Å². The summed E-state index contributed by atoms with van der Waals surface area (Å²) in [6, 6.07) is 14.1. The Bertz CT molecular complexity index is 1990. The van der Waals surface area contributed by atoms with Crippen molar-refractivity contribution >= 4 is 27.6 Å². The molecule has 2 fully saturated rings. The summed E-state index contributed by atoms with van der Waals surface area (Å²) in [7, 11) is -3.26. The van der Waals surface area contributed by atoms with Crippen molar-refractivity contribution in [2.75, 3.05) is 63.9 Å². The summed E-state index contributed by atoms with van der Waals surface area (Å²) in [6.07, 6.45) is 3.61. The number of hydrogen-bond donors (Lipinski definition) is 1. The summed E-state index contributed by atoms with van der Waals surface area (Å²) in [5.41, 5.74) is -1.80. The van der Waals surface area contributed by atoms with Gasteiger partial charge in [0, 0.05) is 56.1 Å². The van der Waals surface area contributed by atoms with Gasteiger partial charge < -0.3 is 29.3 Å². The van der Waals surface area contributed by atoms with Gasteiger partial charge in [-0.1, -0.05) is 0 Å². The van der Waals surface area contributed by atoms with Gasteiger partial charge in [0.05, 0.1) is 43.2 Å². The Morgan fingerprint density at radius 3 is 2.36 bits per heavy atom. The molecule has 0 spiro atoms. The number of fused-ring (bicyclic) bond motifs is 1. The van der Waals surface area contributed by atoms with Crippen LogP contribution >= 0.6 is 0 Å². The topological polar surface area (TPSA) is 158 Å². The molecule has 2 aromatic carbocycles. The summed E-state index contributed by atoms with van der Waals surface area (Å²) in [6.45, 7) is 12.4. The van der Waals surface area contributed by atoms with Crippen molar-refractivity contribution in [3.63, 3.8) is 0 Å². The number of benzene rings is 2. The number of hydrogen-bond acceptors (Lipinski definition) is 11. The van der Waals surface area contributed by atoms with Crippen LogP contribution in [0.15, 0.2) is 59.6 Å². The lowest BCUT2D eigenvalue weighted by Crippen LogP contribution is -2.61. The predicted molar refractivity (Wildman–Crippen MR) is 198 cm³/mol. The molecule has 1 atom stereocenters. The summed E-state index contributed by atoms with van der Waals surface area (Å²) in [5.74, 6) is -0.605. The number of aromatic nitrogens is 1. The molecule has 14 nitrogen and oxygen atoms in total. The van der Waals surface area contributed by atoms with Gasteiger partial charge in [-0.3, -0.25) is 9.69 Å². The number of piperidine rings is 1. The highest BCUT2D eigenvalue weighted by molar-refractivity contribution is 7.93. The average molecular weight is 746 g/mol. The molecular formula is C38H47N7O7S. The van der Waals surface area contributed by atoms with Crippen molar-refractivity contribution in [3.8, 4) is 23.4 Å². The molecule has 0 bridgehead atoms. The van der Waals surface area contributed by atoms with Crippen LogP contribution in [0.3, 0.4) is 0 Å². The van der Waals surface area contributed by atoms with Crippen LogP contribution in [0, 0.1) is 11.3 Å². The smallest absolute Gasteiger partial charge is 0.318 e. The van der Waals surface area contributed by atoms with Crippen LogP contribution in [0.4, 0.5) is 10.5 Å². The number of nitriles is 1. The van der Waals surface area contributed by atoms with Crippen LogP contribution in [0.25, 0.3) is 0 Å². The minimum Gasteiger partial charge on any atom is -0.497 e. The molecule has 1 unspecified atom stereocenters. The summed E-state index contributed by atoms with van der Waals surface area (Å²) in [4.78, 5) is 40.4. The number of nitrogens with one attached hydrogen (secondary N) is 1. The zero-order valence-electron chi connectivity index (χ0n) is 30.9. The van der Waals surface area contributed by atoms with E-state index in [1.807, 2.05) is 0 Å². The fraction of sp³-hybridized carbons (Fsp3) is 0.474. The molecule has 0 saturated carbocycles. The Balaban J connectivity index is 1.41. The van der Waals surface area contributed by atoms with E-state index in [2.05, 4.69) is 40.0 Å². The molecule has 4 heterocycles. The van der Waals surface area contributed by atoms with E-state index in [0.717, 1.165) is 25.9 Å². The predicted octanol–water partition coefficient (Wildman–Crippen LogP) is 3.94. The number of sulfonamides is 1. The third kappa shape index (κ3) is 6.98. The van der Waals surface area contributed by atoms with Gasteiger partial charge >= 0.3 is 6.03 Å². The van der Waals surface area contributed by atoms with E-state index in [-0.39, 0.29) is 52.1 Å². The Morgan fingerprint density at radius 1 is 1.00 bits per heavy atom. The molecule has 3 aliphatic rings. The zero-order valence-corrected chi connectivity index (χ0v) is 31.7. The fourth-order valence-corrected chi connectivity index (χ4v) is 9.15. The Morgan fingerprint density at radius 2 is 1.72 bits per heavy atom. The number of likely N-dealkylation sites (tertiary alicyclic amines) is 1. The van der Waals surface area contributed by atoms with E-state index < -0.39 is 27.5 Å². The lowest BCUT2D eigenvalue weighted by Gasteiger charge is -2.44. The minimum absolute atomic E-state index is 0.0134. The molecule has 0 radical (unpaired) electrons. The first-order chi connectivity index (χ1) is 25.5. The number of nitrogens with zero attached hydrogens (tertiary/aromatic N) is 6. The van der Waals surface area contributed by atoms with Crippen molar-refractivity contribution in [1.29, 1.82) is 5.26 Å². The molecule has 2 saturated heterocycles. The number of piperazine rings is 1. The number of ether oxygens (including phenoxy) is 3. The number of pyridine rings is 1. The molecule has 0 aliphatic carbocycles. The minimum atomic E-state index is -4.71. The lowest BCUT2D eigenvalue weighted by molar-refractivity contribution is -0.121. The van der Waals surface area contributed by atoms with E-state index >= 15 is 4.79 Å². The summed E-state index contributed by atoms with van der Waals surface area (Å²) in [5, 5.41) is 13.0. The molecule has 6 rings (SSSR count). The van der Waals surface area contributed by atoms with Crippen molar-refractivity contribution in [2.45, 2.75) is 63.1 Å². The quantitative estimate of drug-likeness (QED) is 0.303.